The number of halogens is 5. The van der Waals surface area contributed by atoms with Gasteiger partial charge in [0.2, 0.25) is 0 Å². The highest BCUT2D eigenvalue weighted by molar-refractivity contribution is 6.31. The highest BCUT2D eigenvalue weighted by atomic mass is 35.5. The third-order valence-electron chi connectivity index (χ3n) is 3.98. The first-order chi connectivity index (χ1) is 13.7. The zero-order valence-corrected chi connectivity index (χ0v) is 15.7. The zero-order chi connectivity index (χ0) is 21.3. The molecule has 0 aliphatic heterocycles. The molecule has 10 heteroatoms. The van der Waals surface area contributed by atoms with Crippen LogP contribution in [0.1, 0.15) is 16.7 Å². The summed E-state index contributed by atoms with van der Waals surface area (Å²) in [7, 11) is 0. The summed E-state index contributed by atoms with van der Waals surface area (Å²) in [6.45, 7) is 0. The summed E-state index contributed by atoms with van der Waals surface area (Å²) in [6.07, 6.45) is -3.32. The van der Waals surface area contributed by atoms with Gasteiger partial charge >= 0.3 is 6.18 Å². The number of nitrogen functional groups attached to an aromatic ring is 1. The van der Waals surface area contributed by atoms with E-state index in [1.807, 2.05) is 12.1 Å². The third kappa shape index (κ3) is 3.81. The lowest BCUT2D eigenvalue weighted by Gasteiger charge is -2.15. The van der Waals surface area contributed by atoms with Crippen molar-refractivity contribution in [2.45, 2.75) is 6.18 Å². The maximum atomic E-state index is 13.0. The quantitative estimate of drug-likeness (QED) is 0.577. The molecule has 144 valence electrons. The van der Waals surface area contributed by atoms with Gasteiger partial charge in [-0.1, -0.05) is 29.3 Å². The first-order valence-electron chi connectivity index (χ1n) is 7.80. The molecule has 0 aliphatic carbocycles. The van der Waals surface area contributed by atoms with Crippen molar-refractivity contribution in [2.24, 2.45) is 0 Å². The van der Waals surface area contributed by atoms with Crippen LogP contribution < -0.4 is 5.73 Å². The fourth-order valence-corrected chi connectivity index (χ4v) is 3.12. The minimum atomic E-state index is -4.65. The van der Waals surface area contributed by atoms with E-state index >= 15 is 0 Å². The van der Waals surface area contributed by atoms with Gasteiger partial charge in [-0.25, -0.2) is 4.98 Å². The van der Waals surface area contributed by atoms with Gasteiger partial charge in [0.05, 0.1) is 26.9 Å². The fraction of sp³-hybridized carbons (Fsp3) is 0.0526. The van der Waals surface area contributed by atoms with Crippen molar-refractivity contribution in [1.82, 2.24) is 9.97 Å². The van der Waals surface area contributed by atoms with E-state index in [-0.39, 0.29) is 39.5 Å². The van der Waals surface area contributed by atoms with Crippen LogP contribution in [0, 0.1) is 22.7 Å². The molecule has 0 amide bonds. The first-order valence-corrected chi connectivity index (χ1v) is 8.55. The second kappa shape index (κ2) is 7.59. The van der Waals surface area contributed by atoms with Crippen LogP contribution in [-0.4, -0.2) is 9.97 Å². The lowest BCUT2D eigenvalue weighted by Crippen LogP contribution is -2.07. The number of hydrogen-bond donors (Lipinski definition) is 1. The van der Waals surface area contributed by atoms with Gasteiger partial charge < -0.3 is 5.73 Å². The molecule has 0 unspecified atom stereocenters. The Morgan fingerprint density at radius 2 is 1.69 bits per heavy atom. The monoisotopic (exact) mass is 433 g/mol. The molecule has 2 aromatic heterocycles. The minimum absolute atomic E-state index is 0.0184. The largest absolute Gasteiger partial charge is 0.417 e. The summed E-state index contributed by atoms with van der Waals surface area (Å²) < 4.78 is 39.1. The molecular formula is C19H8Cl2F3N5. The molecule has 0 aliphatic rings. The van der Waals surface area contributed by atoms with Crippen LogP contribution in [0.4, 0.5) is 19.0 Å². The maximum Gasteiger partial charge on any atom is 0.417 e. The molecule has 0 atom stereocenters. The number of nitrogens with zero attached hydrogens (tertiary/aromatic N) is 4. The maximum absolute atomic E-state index is 13.0. The van der Waals surface area contributed by atoms with Crippen LogP contribution in [0.25, 0.3) is 22.5 Å². The number of nitriles is 2. The summed E-state index contributed by atoms with van der Waals surface area (Å²) in [6, 6.07) is 9.72. The number of pyridine rings is 2. The molecule has 29 heavy (non-hydrogen) atoms. The molecule has 5 nitrogen and oxygen atoms in total. The molecule has 0 bridgehead atoms. The van der Waals surface area contributed by atoms with E-state index in [1.165, 1.54) is 18.3 Å². The molecule has 2 N–H and O–H groups in total. The van der Waals surface area contributed by atoms with Crippen molar-refractivity contribution >= 4 is 29.0 Å². The molecular weight excluding hydrogens is 426 g/mol. The van der Waals surface area contributed by atoms with Gasteiger partial charge in [0.25, 0.3) is 0 Å². The average molecular weight is 434 g/mol. The summed E-state index contributed by atoms with van der Waals surface area (Å²) in [4.78, 5) is 8.19. The molecule has 3 rings (SSSR count). The van der Waals surface area contributed by atoms with E-state index in [0.29, 0.717) is 5.02 Å². The van der Waals surface area contributed by atoms with Crippen LogP contribution >= 0.6 is 23.2 Å². The normalized spacial score (nSPS) is 11.0. The molecule has 0 spiro atoms. The van der Waals surface area contributed by atoms with E-state index in [4.69, 9.17) is 28.9 Å². The van der Waals surface area contributed by atoms with Crippen molar-refractivity contribution < 1.29 is 13.2 Å². The van der Waals surface area contributed by atoms with Crippen molar-refractivity contribution in [3.63, 3.8) is 0 Å². The van der Waals surface area contributed by atoms with Crippen molar-refractivity contribution in [1.29, 1.82) is 10.5 Å². The summed E-state index contributed by atoms with van der Waals surface area (Å²) in [5.74, 6) is -0.204. The van der Waals surface area contributed by atoms with E-state index in [9.17, 15) is 23.7 Å². The van der Waals surface area contributed by atoms with Gasteiger partial charge in [0.15, 0.2) is 0 Å². The van der Waals surface area contributed by atoms with Crippen LogP contribution in [0.2, 0.25) is 10.0 Å². The molecule has 0 fully saturated rings. The van der Waals surface area contributed by atoms with E-state index in [2.05, 4.69) is 9.97 Å². The van der Waals surface area contributed by atoms with Gasteiger partial charge in [-0.2, -0.15) is 23.7 Å². The average Bonchev–Trinajstić information content (AvgIpc) is 2.66. The zero-order valence-electron chi connectivity index (χ0n) is 14.2. The third-order valence-corrected chi connectivity index (χ3v) is 4.52. The number of anilines is 1. The Morgan fingerprint density at radius 1 is 1.00 bits per heavy atom. The van der Waals surface area contributed by atoms with Crippen molar-refractivity contribution in [3.8, 4) is 34.7 Å². The van der Waals surface area contributed by atoms with Crippen LogP contribution in [0.15, 0.2) is 36.5 Å². The molecule has 0 saturated heterocycles. The molecule has 1 aromatic carbocycles. The SMILES string of the molecule is N#Cc1c(N)nc(-c2ccc(Cl)cn2)c(C#N)c1-c1ccc(C(F)(F)F)c(Cl)c1. The second-order valence-corrected chi connectivity index (χ2v) is 6.59. The number of aromatic nitrogens is 2. The topological polar surface area (TPSA) is 99.4 Å². The summed E-state index contributed by atoms with van der Waals surface area (Å²) in [5.41, 5.74) is 5.05. The Hall–Kier alpha value is -3.33. The second-order valence-electron chi connectivity index (χ2n) is 5.75. The van der Waals surface area contributed by atoms with Gasteiger partial charge in [0.1, 0.15) is 29.2 Å². The Labute approximate surface area is 172 Å². The first kappa shape index (κ1) is 20.4. The Kier molecular flexibility index (Phi) is 5.34. The van der Waals surface area contributed by atoms with Gasteiger partial charge in [-0.3, -0.25) is 4.98 Å². The van der Waals surface area contributed by atoms with Crippen LogP contribution in [-0.2, 0) is 6.18 Å². The predicted octanol–water partition coefficient (Wildman–Crippen LogP) is 5.46. The van der Waals surface area contributed by atoms with Gasteiger partial charge in [0, 0.05) is 11.8 Å². The minimum Gasteiger partial charge on any atom is -0.383 e. The predicted molar refractivity (Wildman–Crippen MR) is 102 cm³/mol. The standard InChI is InChI=1S/C19H8Cl2F3N5/c20-10-2-4-15(28-8-10)17-11(6-25)16(12(7-26)18(27)29-17)9-1-3-13(14(21)5-9)19(22,23)24/h1-5,8H,(H2,27,29). The van der Waals surface area contributed by atoms with Crippen LogP contribution in [0.5, 0.6) is 0 Å². The summed E-state index contributed by atoms with van der Waals surface area (Å²) >= 11 is 11.6. The van der Waals surface area contributed by atoms with Crippen LogP contribution in [0.3, 0.4) is 0 Å². The number of alkyl halides is 3. The lowest BCUT2D eigenvalue weighted by molar-refractivity contribution is -0.137. The lowest BCUT2D eigenvalue weighted by atomic mass is 9.93. The van der Waals surface area contributed by atoms with E-state index < -0.39 is 16.8 Å². The van der Waals surface area contributed by atoms with Gasteiger partial charge in [-0.15, -0.1) is 0 Å². The number of nitrogens with two attached hydrogens (primary N) is 1. The van der Waals surface area contributed by atoms with E-state index in [1.54, 1.807) is 0 Å². The van der Waals surface area contributed by atoms with Crippen molar-refractivity contribution in [2.75, 3.05) is 5.73 Å². The molecule has 2 heterocycles. The number of rotatable bonds is 2. The van der Waals surface area contributed by atoms with Crippen molar-refractivity contribution in [3.05, 3.63) is 63.3 Å². The smallest absolute Gasteiger partial charge is 0.383 e. The molecule has 3 aromatic rings. The Morgan fingerprint density at radius 3 is 2.21 bits per heavy atom. The number of benzene rings is 1. The molecule has 0 radical (unpaired) electrons. The highest BCUT2D eigenvalue weighted by Crippen LogP contribution is 2.40. The number of hydrogen-bond acceptors (Lipinski definition) is 5. The van der Waals surface area contributed by atoms with E-state index in [0.717, 1.165) is 18.2 Å². The van der Waals surface area contributed by atoms with Gasteiger partial charge in [-0.05, 0) is 29.8 Å². The fourth-order valence-electron chi connectivity index (χ4n) is 2.72. The highest BCUT2D eigenvalue weighted by Gasteiger charge is 2.33. The Bertz CT molecular complexity index is 1190. The Balaban J connectivity index is 2.34. The molecule has 0 saturated carbocycles. The summed E-state index contributed by atoms with van der Waals surface area (Å²) in [5, 5.41) is 19.0.